The molecule has 202 valence electrons. The van der Waals surface area contributed by atoms with Crippen molar-refractivity contribution in [2.45, 2.75) is 38.5 Å². The first-order valence-electron chi connectivity index (χ1n) is 13.4. The minimum atomic E-state index is -0.885. The van der Waals surface area contributed by atoms with Crippen molar-refractivity contribution in [1.29, 1.82) is 0 Å². The largest absolute Gasteiger partial charge is 0.299 e. The van der Waals surface area contributed by atoms with Gasteiger partial charge in [0.05, 0.1) is 5.56 Å². The van der Waals surface area contributed by atoms with E-state index in [1.807, 2.05) is 60.7 Å². The Kier molecular flexibility index (Phi) is 8.11. The Morgan fingerprint density at radius 1 is 0.825 bits per heavy atom. The summed E-state index contributed by atoms with van der Waals surface area (Å²) in [7, 11) is 0. The van der Waals surface area contributed by atoms with E-state index in [2.05, 4.69) is 0 Å². The lowest BCUT2D eigenvalue weighted by Gasteiger charge is -2.23. The Balaban J connectivity index is 1.46. The van der Waals surface area contributed by atoms with E-state index in [1.165, 1.54) is 19.1 Å². The summed E-state index contributed by atoms with van der Waals surface area (Å²) in [6.07, 6.45) is 3.53. The predicted molar refractivity (Wildman–Crippen MR) is 151 cm³/mol. The van der Waals surface area contributed by atoms with Crippen LogP contribution in [-0.4, -0.2) is 11.6 Å². The van der Waals surface area contributed by atoms with Gasteiger partial charge in [-0.1, -0.05) is 72.8 Å². The molecule has 0 spiro atoms. The molecule has 2 nitrogen and oxygen atoms in total. The van der Waals surface area contributed by atoms with E-state index in [1.54, 1.807) is 12.1 Å². The summed E-state index contributed by atoms with van der Waals surface area (Å²) < 4.78 is 42.4. The molecule has 1 aliphatic rings. The highest BCUT2D eigenvalue weighted by molar-refractivity contribution is 6.02. The molecule has 0 amide bonds. The fraction of sp³-hybridized carbons (Fsp3) is 0.200. The van der Waals surface area contributed by atoms with Gasteiger partial charge >= 0.3 is 0 Å². The standard InChI is InChI=1S/C35H29F3O2/c1-22-17-28(37)21-33(38)34(22)35(40)32-20-26(24-11-14-27(36)15-12-24)19-31(32)30-10-6-5-9-25(30)13-16-29(39)18-23-7-3-2-4-8-23/h2-12,14-15,17,20-21,31-32H,13,16,18-19H2,1H3. The van der Waals surface area contributed by atoms with E-state index in [9.17, 15) is 22.8 Å². The smallest absolute Gasteiger partial charge is 0.173 e. The van der Waals surface area contributed by atoms with Crippen molar-refractivity contribution in [1.82, 2.24) is 0 Å². The van der Waals surface area contributed by atoms with E-state index >= 15 is 0 Å². The topological polar surface area (TPSA) is 34.1 Å². The minimum Gasteiger partial charge on any atom is -0.299 e. The first-order valence-corrected chi connectivity index (χ1v) is 13.4. The fourth-order valence-electron chi connectivity index (χ4n) is 5.70. The Morgan fingerprint density at radius 3 is 2.25 bits per heavy atom. The van der Waals surface area contributed by atoms with Gasteiger partial charge in [-0.3, -0.25) is 9.59 Å². The lowest BCUT2D eigenvalue weighted by atomic mass is 9.79. The number of hydrogen-bond donors (Lipinski definition) is 0. The molecule has 0 aliphatic heterocycles. The molecule has 0 saturated heterocycles. The fourth-order valence-corrected chi connectivity index (χ4v) is 5.70. The van der Waals surface area contributed by atoms with Crippen LogP contribution in [0.3, 0.4) is 0 Å². The van der Waals surface area contributed by atoms with Crippen molar-refractivity contribution in [3.8, 4) is 0 Å². The second kappa shape index (κ2) is 11.9. The van der Waals surface area contributed by atoms with E-state index < -0.39 is 23.3 Å². The summed E-state index contributed by atoms with van der Waals surface area (Å²) in [6.45, 7) is 1.53. The molecule has 40 heavy (non-hydrogen) atoms. The van der Waals surface area contributed by atoms with Gasteiger partial charge in [0.15, 0.2) is 5.78 Å². The number of Topliss-reactive ketones (excluding diaryl/α,β-unsaturated/α-hetero) is 2. The molecule has 5 heteroatoms. The number of halogens is 3. The molecular formula is C35H29F3O2. The van der Waals surface area contributed by atoms with Crippen LogP contribution in [-0.2, 0) is 17.6 Å². The highest BCUT2D eigenvalue weighted by atomic mass is 19.1. The van der Waals surface area contributed by atoms with Crippen LogP contribution in [0, 0.1) is 30.3 Å². The molecule has 1 aliphatic carbocycles. The summed E-state index contributed by atoms with van der Waals surface area (Å²) in [4.78, 5) is 26.6. The number of carbonyl (C=O) groups excluding carboxylic acids is 2. The summed E-state index contributed by atoms with van der Waals surface area (Å²) in [5, 5.41) is 0. The Hall–Kier alpha value is -4.25. The zero-order valence-electron chi connectivity index (χ0n) is 22.2. The van der Waals surface area contributed by atoms with Crippen molar-refractivity contribution >= 4 is 17.1 Å². The third kappa shape index (κ3) is 5.99. The number of hydrogen-bond acceptors (Lipinski definition) is 2. The van der Waals surface area contributed by atoms with Crippen LogP contribution in [0.15, 0.2) is 97.1 Å². The van der Waals surface area contributed by atoms with E-state index in [0.717, 1.165) is 40.0 Å². The monoisotopic (exact) mass is 538 g/mol. The summed E-state index contributed by atoms with van der Waals surface area (Å²) in [5.41, 5.74) is 4.60. The highest BCUT2D eigenvalue weighted by Crippen LogP contribution is 2.45. The molecule has 4 aromatic carbocycles. The maximum absolute atomic E-state index is 14.9. The Bertz CT molecular complexity index is 1550. The third-order valence-electron chi connectivity index (χ3n) is 7.64. The van der Waals surface area contributed by atoms with Crippen LogP contribution in [0.25, 0.3) is 5.57 Å². The van der Waals surface area contributed by atoms with Crippen molar-refractivity contribution in [2.75, 3.05) is 0 Å². The zero-order valence-corrected chi connectivity index (χ0v) is 22.2. The van der Waals surface area contributed by atoms with Crippen LogP contribution in [0.4, 0.5) is 13.2 Å². The van der Waals surface area contributed by atoms with Crippen molar-refractivity contribution in [3.05, 3.63) is 148 Å². The van der Waals surface area contributed by atoms with Gasteiger partial charge in [-0.15, -0.1) is 0 Å². The van der Waals surface area contributed by atoms with Gasteiger partial charge in [0.2, 0.25) is 0 Å². The van der Waals surface area contributed by atoms with Gasteiger partial charge in [0.1, 0.15) is 23.2 Å². The number of carbonyl (C=O) groups is 2. The highest BCUT2D eigenvalue weighted by Gasteiger charge is 2.37. The summed E-state index contributed by atoms with van der Waals surface area (Å²) >= 11 is 0. The van der Waals surface area contributed by atoms with Crippen molar-refractivity contribution in [3.63, 3.8) is 0 Å². The molecule has 2 unspecified atom stereocenters. The quantitative estimate of drug-likeness (QED) is 0.201. The molecule has 0 fully saturated rings. The minimum absolute atomic E-state index is 0.120. The summed E-state index contributed by atoms with van der Waals surface area (Å²) in [5.74, 6) is -3.31. The maximum Gasteiger partial charge on any atom is 0.173 e. The molecule has 0 aromatic heterocycles. The second-order valence-corrected chi connectivity index (χ2v) is 10.4. The second-order valence-electron chi connectivity index (χ2n) is 10.4. The number of aryl methyl sites for hydroxylation is 2. The molecule has 0 N–H and O–H groups in total. The summed E-state index contributed by atoms with van der Waals surface area (Å²) in [6, 6.07) is 25.3. The van der Waals surface area contributed by atoms with Gasteiger partial charge in [0, 0.05) is 30.7 Å². The van der Waals surface area contributed by atoms with Gasteiger partial charge in [-0.05, 0) is 71.4 Å². The molecule has 4 aromatic rings. The first kappa shape index (κ1) is 27.3. The van der Waals surface area contributed by atoms with Crippen LogP contribution >= 0.6 is 0 Å². The molecule has 0 heterocycles. The van der Waals surface area contributed by atoms with Crippen molar-refractivity contribution < 1.29 is 22.8 Å². The SMILES string of the molecule is Cc1cc(F)cc(F)c1C(=O)C1C=C(c2ccc(F)cc2)CC1c1ccccc1CCC(=O)Cc1ccccc1. The lowest BCUT2D eigenvalue weighted by molar-refractivity contribution is -0.118. The van der Waals surface area contributed by atoms with Gasteiger partial charge < -0.3 is 0 Å². The van der Waals surface area contributed by atoms with Crippen LogP contribution in [0.5, 0.6) is 0 Å². The van der Waals surface area contributed by atoms with E-state index in [-0.39, 0.29) is 28.6 Å². The van der Waals surface area contributed by atoms with E-state index in [0.29, 0.717) is 25.7 Å². The van der Waals surface area contributed by atoms with Gasteiger partial charge in [-0.25, -0.2) is 13.2 Å². The first-order chi connectivity index (χ1) is 19.3. The van der Waals surface area contributed by atoms with Gasteiger partial charge in [-0.2, -0.15) is 0 Å². The Labute approximate surface area is 232 Å². The number of benzene rings is 4. The number of rotatable bonds is 9. The zero-order chi connectivity index (χ0) is 28.2. The molecule has 0 bridgehead atoms. The average molecular weight is 539 g/mol. The lowest BCUT2D eigenvalue weighted by Crippen LogP contribution is -2.21. The molecular weight excluding hydrogens is 509 g/mol. The molecule has 0 radical (unpaired) electrons. The van der Waals surface area contributed by atoms with E-state index in [4.69, 9.17) is 0 Å². The molecule has 2 atom stereocenters. The number of ketones is 2. The maximum atomic E-state index is 14.9. The van der Waals surface area contributed by atoms with Crippen LogP contribution in [0.1, 0.15) is 56.9 Å². The Morgan fingerprint density at radius 2 is 1.52 bits per heavy atom. The predicted octanol–water partition coefficient (Wildman–Crippen LogP) is 8.23. The van der Waals surface area contributed by atoms with Crippen LogP contribution < -0.4 is 0 Å². The van der Waals surface area contributed by atoms with Crippen LogP contribution in [0.2, 0.25) is 0 Å². The van der Waals surface area contributed by atoms with Crippen molar-refractivity contribution in [2.24, 2.45) is 5.92 Å². The molecule has 0 saturated carbocycles. The number of allylic oxidation sites excluding steroid dienone is 2. The average Bonchev–Trinajstić information content (AvgIpc) is 3.38. The third-order valence-corrected chi connectivity index (χ3v) is 7.64. The normalized spacial score (nSPS) is 16.6. The molecule has 5 rings (SSSR count). The van der Waals surface area contributed by atoms with Gasteiger partial charge in [0.25, 0.3) is 0 Å².